The van der Waals surface area contributed by atoms with Crippen LogP contribution in [-0.4, -0.2) is 36.0 Å². The van der Waals surface area contributed by atoms with Crippen LogP contribution in [0.3, 0.4) is 0 Å². The van der Waals surface area contributed by atoms with Gasteiger partial charge in [-0.25, -0.2) is 0 Å². The molecule has 0 spiro atoms. The second-order valence-corrected chi connectivity index (χ2v) is 5.77. The zero-order valence-electron chi connectivity index (χ0n) is 11.8. The largest absolute Gasteiger partial charge is 0.480 e. The van der Waals surface area contributed by atoms with E-state index in [0.717, 1.165) is 18.3 Å². The van der Waals surface area contributed by atoms with Crippen molar-refractivity contribution in [2.45, 2.75) is 17.9 Å². The molecule has 0 heterocycles. The maximum atomic E-state index is 11.7. The molecule has 0 aliphatic carbocycles. The number of hydrogen-bond donors (Lipinski definition) is 4. The van der Waals surface area contributed by atoms with E-state index >= 15 is 0 Å². The molecule has 0 bridgehead atoms. The number of carbonyl (C=O) groups excluding carboxylic acids is 1. The molecule has 1 aromatic carbocycles. The number of carbonyl (C=O) groups is 2. The van der Waals surface area contributed by atoms with Crippen LogP contribution in [-0.2, 0) is 19.7 Å². The first-order valence-electron chi connectivity index (χ1n) is 6.13. The van der Waals surface area contributed by atoms with Crippen LogP contribution in [0.2, 0.25) is 0 Å². The van der Waals surface area contributed by atoms with Gasteiger partial charge in [-0.15, -0.1) is 0 Å². The number of hydrogen-bond acceptors (Lipinski definition) is 6. The van der Waals surface area contributed by atoms with Gasteiger partial charge in [0.25, 0.3) is 16.0 Å². The van der Waals surface area contributed by atoms with Gasteiger partial charge in [0.2, 0.25) is 0 Å². The minimum Gasteiger partial charge on any atom is -0.480 e. The summed E-state index contributed by atoms with van der Waals surface area (Å²) in [5, 5.41) is 22.3. The first-order chi connectivity index (χ1) is 10.6. The van der Waals surface area contributed by atoms with Gasteiger partial charge in [0.15, 0.2) is 0 Å². The van der Waals surface area contributed by atoms with E-state index in [-0.39, 0.29) is 10.5 Å². The number of nitrogens with one attached hydrogen (secondary N) is 2. The Morgan fingerprint density at radius 1 is 1.30 bits per heavy atom. The number of nitrogens with zero attached hydrogens (tertiary/aromatic N) is 1. The van der Waals surface area contributed by atoms with Gasteiger partial charge in [-0.3, -0.25) is 14.1 Å². The molecule has 0 aliphatic heterocycles. The van der Waals surface area contributed by atoms with Crippen molar-refractivity contribution < 1.29 is 27.7 Å². The Kier molecular flexibility index (Phi) is 5.83. The number of aliphatic carboxylic acids is 1. The second kappa shape index (κ2) is 7.39. The molecular formula is C13H13N3O6S. The third-order valence-electron chi connectivity index (χ3n) is 2.62. The van der Waals surface area contributed by atoms with E-state index in [4.69, 9.17) is 14.9 Å². The van der Waals surface area contributed by atoms with E-state index in [1.54, 1.807) is 6.07 Å². The lowest BCUT2D eigenvalue weighted by Gasteiger charge is -2.08. The van der Waals surface area contributed by atoms with Crippen molar-refractivity contribution in [2.24, 2.45) is 0 Å². The van der Waals surface area contributed by atoms with Crippen LogP contribution in [0.25, 0.3) is 0 Å². The van der Waals surface area contributed by atoms with E-state index in [1.807, 2.05) is 0 Å². The van der Waals surface area contributed by atoms with Crippen LogP contribution in [0.1, 0.15) is 6.92 Å². The predicted octanol–water partition coefficient (Wildman–Crippen LogP) is 0.342. The fourth-order valence-electron chi connectivity index (χ4n) is 1.36. The molecule has 10 heteroatoms. The molecule has 1 aromatic rings. The van der Waals surface area contributed by atoms with Crippen molar-refractivity contribution >= 4 is 27.7 Å². The van der Waals surface area contributed by atoms with Crippen LogP contribution in [0.15, 0.2) is 40.9 Å². The third kappa shape index (κ3) is 5.42. The Balaban J connectivity index is 2.83. The molecule has 4 N–H and O–H groups in total. The number of rotatable bonds is 6. The molecule has 1 amide bonds. The van der Waals surface area contributed by atoms with Gasteiger partial charge in [0.05, 0.1) is 4.90 Å². The minimum atomic E-state index is -4.31. The number of carboxylic acids is 1. The Labute approximate surface area is 132 Å². The minimum absolute atomic E-state index is 0.305. The smallest absolute Gasteiger partial charge is 0.325 e. The van der Waals surface area contributed by atoms with Crippen LogP contribution < -0.4 is 10.6 Å². The standard InChI is InChI=1S/C13H13N3O6S/c1-8(13(18)19)16-12(17)9(6-14)7-15-10-2-4-11(5-3-10)23(20,21)22/h2-5,7-8,15H,1H3,(H,16,17)(H,18,19)(H,20,21,22)/b9-7-. The molecule has 0 saturated heterocycles. The average molecular weight is 339 g/mol. The fraction of sp³-hybridized carbons (Fsp3) is 0.154. The van der Waals surface area contributed by atoms with Crippen LogP contribution in [0, 0.1) is 11.3 Å². The highest BCUT2D eigenvalue weighted by atomic mass is 32.2. The van der Waals surface area contributed by atoms with Crippen molar-refractivity contribution in [3.63, 3.8) is 0 Å². The van der Waals surface area contributed by atoms with Gasteiger partial charge >= 0.3 is 5.97 Å². The Bertz CT molecular complexity index is 777. The van der Waals surface area contributed by atoms with Crippen molar-refractivity contribution in [1.82, 2.24) is 5.32 Å². The first-order valence-corrected chi connectivity index (χ1v) is 7.57. The molecular weight excluding hydrogens is 326 g/mol. The molecule has 0 aromatic heterocycles. The van der Waals surface area contributed by atoms with E-state index in [2.05, 4.69) is 10.6 Å². The topological polar surface area (TPSA) is 157 Å². The van der Waals surface area contributed by atoms with Gasteiger partial charge in [-0.2, -0.15) is 13.7 Å². The maximum absolute atomic E-state index is 11.7. The molecule has 1 atom stereocenters. The molecule has 9 nitrogen and oxygen atoms in total. The highest BCUT2D eigenvalue weighted by Gasteiger charge is 2.17. The summed E-state index contributed by atoms with van der Waals surface area (Å²) in [7, 11) is -4.31. The molecule has 0 fully saturated rings. The maximum Gasteiger partial charge on any atom is 0.325 e. The fourth-order valence-corrected chi connectivity index (χ4v) is 1.84. The van der Waals surface area contributed by atoms with Gasteiger partial charge in [-0.1, -0.05) is 0 Å². The van der Waals surface area contributed by atoms with Crippen LogP contribution >= 0.6 is 0 Å². The molecule has 0 aliphatic rings. The van der Waals surface area contributed by atoms with Crippen LogP contribution in [0.5, 0.6) is 0 Å². The summed E-state index contributed by atoms with van der Waals surface area (Å²) in [5.41, 5.74) is -0.0128. The van der Waals surface area contributed by atoms with Gasteiger partial charge < -0.3 is 15.7 Å². The normalized spacial score (nSPS) is 12.8. The third-order valence-corrected chi connectivity index (χ3v) is 3.49. The van der Waals surface area contributed by atoms with Crippen molar-refractivity contribution in [1.29, 1.82) is 5.26 Å². The van der Waals surface area contributed by atoms with E-state index in [9.17, 15) is 18.0 Å². The summed E-state index contributed by atoms with van der Waals surface area (Å²) in [6.45, 7) is 1.25. The average Bonchev–Trinajstić information content (AvgIpc) is 2.47. The first kappa shape index (κ1) is 18.1. The molecule has 0 radical (unpaired) electrons. The lowest BCUT2D eigenvalue weighted by Crippen LogP contribution is -2.39. The summed E-state index contributed by atoms with van der Waals surface area (Å²) < 4.78 is 30.6. The van der Waals surface area contributed by atoms with E-state index in [1.165, 1.54) is 19.1 Å². The van der Waals surface area contributed by atoms with Crippen molar-refractivity contribution in [3.8, 4) is 6.07 Å². The SMILES string of the molecule is CC(NC(=O)/C(C#N)=C\Nc1ccc(S(=O)(=O)O)cc1)C(=O)O. The summed E-state index contributed by atoms with van der Waals surface area (Å²) in [5.74, 6) is -2.12. The lowest BCUT2D eigenvalue weighted by molar-refractivity contribution is -0.140. The zero-order valence-corrected chi connectivity index (χ0v) is 12.7. The van der Waals surface area contributed by atoms with Gasteiger partial charge in [0.1, 0.15) is 17.7 Å². The molecule has 23 heavy (non-hydrogen) atoms. The summed E-state index contributed by atoms with van der Waals surface area (Å²) in [6.07, 6.45) is 1.05. The van der Waals surface area contributed by atoms with E-state index in [0.29, 0.717) is 5.69 Å². The van der Waals surface area contributed by atoms with Crippen molar-refractivity contribution in [3.05, 3.63) is 36.0 Å². The summed E-state index contributed by atoms with van der Waals surface area (Å²) in [4.78, 5) is 22.0. The van der Waals surface area contributed by atoms with Crippen LogP contribution in [0.4, 0.5) is 5.69 Å². The van der Waals surface area contributed by atoms with Crippen molar-refractivity contribution in [2.75, 3.05) is 5.32 Å². The van der Waals surface area contributed by atoms with Gasteiger partial charge in [0, 0.05) is 11.9 Å². The lowest BCUT2D eigenvalue weighted by atomic mass is 10.2. The Hall–Kier alpha value is -2.90. The number of carboxylic acid groups (broad SMARTS) is 1. The molecule has 1 unspecified atom stereocenters. The van der Waals surface area contributed by atoms with E-state index < -0.39 is 28.0 Å². The number of benzene rings is 1. The quantitative estimate of drug-likeness (QED) is 0.328. The Morgan fingerprint density at radius 2 is 1.87 bits per heavy atom. The molecule has 0 saturated carbocycles. The number of nitriles is 1. The zero-order chi connectivity index (χ0) is 17.6. The molecule has 122 valence electrons. The summed E-state index contributed by atoms with van der Waals surface area (Å²) in [6, 6.07) is 5.33. The Morgan fingerprint density at radius 3 is 2.30 bits per heavy atom. The second-order valence-electron chi connectivity index (χ2n) is 4.35. The molecule has 1 rings (SSSR count). The highest BCUT2D eigenvalue weighted by molar-refractivity contribution is 7.85. The number of anilines is 1. The number of amides is 1. The highest BCUT2D eigenvalue weighted by Crippen LogP contribution is 2.14. The summed E-state index contributed by atoms with van der Waals surface area (Å²) >= 11 is 0. The monoisotopic (exact) mass is 339 g/mol. The van der Waals surface area contributed by atoms with Gasteiger partial charge in [-0.05, 0) is 31.2 Å². The predicted molar refractivity (Wildman–Crippen MR) is 78.8 cm³/mol.